The Morgan fingerprint density at radius 2 is 1.84 bits per heavy atom. The average Bonchev–Trinajstić information content (AvgIpc) is 2.35. The zero-order valence-electron chi connectivity index (χ0n) is 12.0. The first kappa shape index (κ1) is 17.9. The minimum absolute atomic E-state index is 0. The standard InChI is InChI=1S/C15H24N2O.ClH/c1-4-17(11-13-8-6-5-7-9-13)15(18)14(16)10-12(2)3;/h5-9,12,14H,4,10-11,16H2,1-3H3;1H. The molecular weight excluding hydrogens is 260 g/mol. The summed E-state index contributed by atoms with van der Waals surface area (Å²) in [7, 11) is 0. The molecule has 19 heavy (non-hydrogen) atoms. The van der Waals surface area contributed by atoms with Gasteiger partial charge in [-0.2, -0.15) is 0 Å². The number of benzene rings is 1. The van der Waals surface area contributed by atoms with Crippen molar-refractivity contribution >= 4 is 18.3 Å². The molecule has 0 spiro atoms. The van der Waals surface area contributed by atoms with E-state index in [4.69, 9.17) is 5.73 Å². The molecule has 1 unspecified atom stereocenters. The van der Waals surface area contributed by atoms with Crippen LogP contribution in [0.3, 0.4) is 0 Å². The molecule has 1 aromatic carbocycles. The van der Waals surface area contributed by atoms with Crippen LogP contribution in [0.25, 0.3) is 0 Å². The number of hydrogen-bond acceptors (Lipinski definition) is 2. The van der Waals surface area contributed by atoms with Crippen LogP contribution in [0.2, 0.25) is 0 Å². The lowest BCUT2D eigenvalue weighted by molar-refractivity contribution is -0.133. The summed E-state index contributed by atoms with van der Waals surface area (Å²) in [6, 6.07) is 9.64. The minimum Gasteiger partial charge on any atom is -0.337 e. The fourth-order valence-corrected chi connectivity index (χ4v) is 1.99. The van der Waals surface area contributed by atoms with Crippen molar-refractivity contribution in [1.82, 2.24) is 4.90 Å². The average molecular weight is 285 g/mol. The normalized spacial score (nSPS) is 11.8. The Labute approximate surface area is 122 Å². The summed E-state index contributed by atoms with van der Waals surface area (Å²) in [5, 5.41) is 0. The highest BCUT2D eigenvalue weighted by Crippen LogP contribution is 2.09. The van der Waals surface area contributed by atoms with Gasteiger partial charge in [-0.3, -0.25) is 4.79 Å². The molecule has 4 heteroatoms. The molecule has 0 aliphatic heterocycles. The molecule has 0 radical (unpaired) electrons. The summed E-state index contributed by atoms with van der Waals surface area (Å²) < 4.78 is 0. The van der Waals surface area contributed by atoms with Gasteiger partial charge in [0, 0.05) is 13.1 Å². The Morgan fingerprint density at radius 3 is 2.32 bits per heavy atom. The largest absolute Gasteiger partial charge is 0.337 e. The number of halogens is 1. The van der Waals surface area contributed by atoms with Crippen LogP contribution >= 0.6 is 12.4 Å². The number of nitrogens with zero attached hydrogens (tertiary/aromatic N) is 1. The maximum atomic E-state index is 12.2. The van der Waals surface area contributed by atoms with Crippen molar-refractivity contribution in [3.05, 3.63) is 35.9 Å². The maximum absolute atomic E-state index is 12.2. The molecule has 1 rings (SSSR count). The highest BCUT2D eigenvalue weighted by molar-refractivity contribution is 5.85. The molecule has 3 nitrogen and oxygen atoms in total. The van der Waals surface area contributed by atoms with Crippen molar-refractivity contribution in [2.24, 2.45) is 11.7 Å². The van der Waals surface area contributed by atoms with Crippen LogP contribution in [0, 0.1) is 5.92 Å². The highest BCUT2D eigenvalue weighted by Gasteiger charge is 2.20. The molecule has 1 atom stereocenters. The Bertz CT molecular complexity index is 368. The second-order valence-electron chi connectivity index (χ2n) is 5.07. The van der Waals surface area contributed by atoms with Gasteiger partial charge in [-0.05, 0) is 24.8 Å². The van der Waals surface area contributed by atoms with Crippen molar-refractivity contribution in [3.8, 4) is 0 Å². The van der Waals surface area contributed by atoms with Gasteiger partial charge in [0.1, 0.15) is 0 Å². The van der Waals surface area contributed by atoms with Gasteiger partial charge in [-0.15, -0.1) is 12.4 Å². The molecule has 0 fully saturated rings. The van der Waals surface area contributed by atoms with Gasteiger partial charge in [0.05, 0.1) is 6.04 Å². The number of carbonyl (C=O) groups excluding carboxylic acids is 1. The topological polar surface area (TPSA) is 46.3 Å². The molecule has 0 aliphatic rings. The SMILES string of the molecule is CCN(Cc1ccccc1)C(=O)C(N)CC(C)C.Cl. The Balaban J connectivity index is 0.00000324. The van der Waals surface area contributed by atoms with Crippen LogP contribution in [0.15, 0.2) is 30.3 Å². The van der Waals surface area contributed by atoms with E-state index in [1.54, 1.807) is 0 Å². The van der Waals surface area contributed by atoms with Gasteiger partial charge in [0.2, 0.25) is 5.91 Å². The van der Waals surface area contributed by atoms with Gasteiger partial charge in [0.25, 0.3) is 0 Å². The lowest BCUT2D eigenvalue weighted by Gasteiger charge is -2.25. The third kappa shape index (κ3) is 6.08. The predicted octanol–water partition coefficient (Wildman–Crippen LogP) is 2.83. The Kier molecular flexibility index (Phi) is 8.44. The van der Waals surface area contributed by atoms with Gasteiger partial charge in [-0.1, -0.05) is 44.2 Å². The first-order chi connectivity index (χ1) is 8.54. The molecule has 0 aliphatic carbocycles. The van der Waals surface area contributed by atoms with E-state index in [1.807, 2.05) is 42.2 Å². The fraction of sp³-hybridized carbons (Fsp3) is 0.533. The molecule has 0 bridgehead atoms. The zero-order valence-corrected chi connectivity index (χ0v) is 12.8. The molecular formula is C15H25ClN2O. The Hall–Kier alpha value is -1.06. The second-order valence-corrected chi connectivity index (χ2v) is 5.07. The molecule has 0 saturated heterocycles. The van der Waals surface area contributed by atoms with Crippen molar-refractivity contribution in [1.29, 1.82) is 0 Å². The maximum Gasteiger partial charge on any atom is 0.239 e. The lowest BCUT2D eigenvalue weighted by Crippen LogP contribution is -2.43. The fourth-order valence-electron chi connectivity index (χ4n) is 1.99. The first-order valence-corrected chi connectivity index (χ1v) is 6.62. The molecule has 1 amide bonds. The van der Waals surface area contributed by atoms with Crippen molar-refractivity contribution in [3.63, 3.8) is 0 Å². The van der Waals surface area contributed by atoms with Gasteiger partial charge >= 0.3 is 0 Å². The summed E-state index contributed by atoms with van der Waals surface area (Å²) >= 11 is 0. The zero-order chi connectivity index (χ0) is 13.5. The van der Waals surface area contributed by atoms with Crippen LogP contribution < -0.4 is 5.73 Å². The van der Waals surface area contributed by atoms with E-state index in [0.29, 0.717) is 19.0 Å². The molecule has 0 saturated carbocycles. The number of rotatable bonds is 6. The summed E-state index contributed by atoms with van der Waals surface area (Å²) in [5.41, 5.74) is 7.10. The summed E-state index contributed by atoms with van der Waals surface area (Å²) in [4.78, 5) is 14.0. The quantitative estimate of drug-likeness (QED) is 0.873. The molecule has 0 heterocycles. The van der Waals surface area contributed by atoms with E-state index in [2.05, 4.69) is 13.8 Å². The molecule has 1 aromatic rings. The summed E-state index contributed by atoms with van der Waals surface area (Å²) in [6.45, 7) is 7.49. The van der Waals surface area contributed by atoms with Crippen LogP contribution in [0.4, 0.5) is 0 Å². The smallest absolute Gasteiger partial charge is 0.239 e. The van der Waals surface area contributed by atoms with Gasteiger partial charge in [0.15, 0.2) is 0 Å². The highest BCUT2D eigenvalue weighted by atomic mass is 35.5. The van der Waals surface area contributed by atoms with Crippen LogP contribution in [0.5, 0.6) is 0 Å². The van der Waals surface area contributed by atoms with Crippen molar-refractivity contribution in [2.45, 2.75) is 39.8 Å². The van der Waals surface area contributed by atoms with Crippen LogP contribution in [0.1, 0.15) is 32.8 Å². The van der Waals surface area contributed by atoms with E-state index >= 15 is 0 Å². The third-order valence-electron chi connectivity index (χ3n) is 2.95. The van der Waals surface area contributed by atoms with Crippen LogP contribution in [-0.4, -0.2) is 23.4 Å². The van der Waals surface area contributed by atoms with E-state index in [1.165, 1.54) is 0 Å². The molecule has 2 N–H and O–H groups in total. The van der Waals surface area contributed by atoms with E-state index in [-0.39, 0.29) is 24.4 Å². The summed E-state index contributed by atoms with van der Waals surface area (Å²) in [5.74, 6) is 0.495. The number of amides is 1. The van der Waals surface area contributed by atoms with E-state index < -0.39 is 0 Å². The molecule has 0 aromatic heterocycles. The van der Waals surface area contributed by atoms with Crippen molar-refractivity contribution < 1.29 is 4.79 Å². The monoisotopic (exact) mass is 284 g/mol. The summed E-state index contributed by atoms with van der Waals surface area (Å²) in [6.07, 6.45) is 0.740. The number of nitrogens with two attached hydrogens (primary N) is 1. The number of carbonyl (C=O) groups is 1. The van der Waals surface area contributed by atoms with Crippen molar-refractivity contribution in [2.75, 3.05) is 6.54 Å². The second kappa shape index (κ2) is 8.94. The lowest BCUT2D eigenvalue weighted by atomic mass is 10.0. The van der Waals surface area contributed by atoms with Gasteiger partial charge in [-0.25, -0.2) is 0 Å². The minimum atomic E-state index is -0.381. The number of likely N-dealkylation sites (N-methyl/N-ethyl adjacent to an activating group) is 1. The third-order valence-corrected chi connectivity index (χ3v) is 2.95. The predicted molar refractivity (Wildman–Crippen MR) is 82.2 cm³/mol. The molecule has 108 valence electrons. The number of hydrogen-bond donors (Lipinski definition) is 1. The van der Waals surface area contributed by atoms with E-state index in [0.717, 1.165) is 12.0 Å². The van der Waals surface area contributed by atoms with Gasteiger partial charge < -0.3 is 10.6 Å². The Morgan fingerprint density at radius 1 is 1.26 bits per heavy atom. The van der Waals surface area contributed by atoms with E-state index in [9.17, 15) is 4.79 Å². The first-order valence-electron chi connectivity index (χ1n) is 6.62. The van der Waals surface area contributed by atoms with Crippen LogP contribution in [-0.2, 0) is 11.3 Å².